The molecule has 1 unspecified atom stereocenters. The Bertz CT molecular complexity index is 457. The van der Waals surface area contributed by atoms with Crippen molar-refractivity contribution in [3.63, 3.8) is 0 Å². The number of hydrogen-bond acceptors (Lipinski definition) is 3. The zero-order chi connectivity index (χ0) is 14.1. The molecular formula is C15H21N3O. The van der Waals surface area contributed by atoms with Crippen molar-refractivity contribution >= 4 is 5.91 Å². The zero-order valence-corrected chi connectivity index (χ0v) is 11.6. The predicted molar refractivity (Wildman–Crippen MR) is 76.6 cm³/mol. The van der Waals surface area contributed by atoms with Crippen LogP contribution in [0.4, 0.5) is 0 Å². The van der Waals surface area contributed by atoms with Gasteiger partial charge in [-0.2, -0.15) is 0 Å². The van der Waals surface area contributed by atoms with Gasteiger partial charge in [0.05, 0.1) is 6.54 Å². The molecule has 0 radical (unpaired) electrons. The van der Waals surface area contributed by atoms with E-state index in [0.29, 0.717) is 12.2 Å². The van der Waals surface area contributed by atoms with Crippen molar-refractivity contribution in [2.75, 3.05) is 6.54 Å². The molecule has 1 atom stereocenters. The third-order valence-corrected chi connectivity index (χ3v) is 2.80. The van der Waals surface area contributed by atoms with Gasteiger partial charge in [0.2, 0.25) is 0 Å². The Balaban J connectivity index is 2.67. The van der Waals surface area contributed by atoms with Gasteiger partial charge in [0, 0.05) is 17.8 Å². The highest BCUT2D eigenvalue weighted by Gasteiger charge is 2.12. The Labute approximate surface area is 114 Å². The highest BCUT2D eigenvalue weighted by Crippen LogP contribution is 2.04. The molecule has 0 aliphatic heterocycles. The summed E-state index contributed by atoms with van der Waals surface area (Å²) in [5.74, 6) is 5.50. The van der Waals surface area contributed by atoms with Crippen molar-refractivity contribution in [3.8, 4) is 11.8 Å². The number of nitrogens with one attached hydrogen (secondary N) is 1. The normalized spacial score (nSPS) is 11.3. The molecule has 1 amide bonds. The van der Waals surface area contributed by atoms with E-state index < -0.39 is 0 Å². The SMILES string of the molecule is CCCC(CC)NC(=O)c1ccc(C#CCN)cn1. The van der Waals surface area contributed by atoms with E-state index in [1.807, 2.05) is 0 Å². The largest absolute Gasteiger partial charge is 0.348 e. The van der Waals surface area contributed by atoms with Crippen LogP contribution in [0.15, 0.2) is 18.3 Å². The van der Waals surface area contributed by atoms with E-state index in [2.05, 4.69) is 36.0 Å². The lowest BCUT2D eigenvalue weighted by molar-refractivity contribution is 0.0928. The Morgan fingerprint density at radius 1 is 1.47 bits per heavy atom. The van der Waals surface area contributed by atoms with Crippen LogP contribution in [0.2, 0.25) is 0 Å². The molecule has 0 saturated carbocycles. The molecule has 1 aromatic rings. The number of nitrogens with two attached hydrogens (primary N) is 1. The topological polar surface area (TPSA) is 68.0 Å². The number of rotatable bonds is 5. The third-order valence-electron chi connectivity index (χ3n) is 2.80. The number of carbonyl (C=O) groups excluding carboxylic acids is 1. The number of carbonyl (C=O) groups is 1. The molecule has 0 saturated heterocycles. The van der Waals surface area contributed by atoms with E-state index >= 15 is 0 Å². The van der Waals surface area contributed by atoms with Crippen molar-refractivity contribution in [2.45, 2.75) is 39.2 Å². The Hall–Kier alpha value is -1.86. The monoisotopic (exact) mass is 259 g/mol. The molecule has 4 heteroatoms. The Morgan fingerprint density at radius 2 is 2.26 bits per heavy atom. The van der Waals surface area contributed by atoms with E-state index in [1.54, 1.807) is 18.3 Å². The van der Waals surface area contributed by atoms with E-state index in [4.69, 9.17) is 5.73 Å². The highest BCUT2D eigenvalue weighted by atomic mass is 16.1. The number of pyridine rings is 1. The lowest BCUT2D eigenvalue weighted by atomic mass is 10.1. The molecule has 1 aromatic heterocycles. The van der Waals surface area contributed by atoms with Gasteiger partial charge in [0.1, 0.15) is 5.69 Å². The van der Waals surface area contributed by atoms with Gasteiger partial charge < -0.3 is 11.1 Å². The lowest BCUT2D eigenvalue weighted by Gasteiger charge is -2.15. The maximum Gasteiger partial charge on any atom is 0.270 e. The van der Waals surface area contributed by atoms with E-state index in [1.165, 1.54) is 0 Å². The van der Waals surface area contributed by atoms with Gasteiger partial charge in [0.15, 0.2) is 0 Å². The predicted octanol–water partition coefficient (Wildman–Crippen LogP) is 1.70. The third kappa shape index (κ3) is 5.11. The van der Waals surface area contributed by atoms with Gasteiger partial charge in [-0.05, 0) is 25.0 Å². The summed E-state index contributed by atoms with van der Waals surface area (Å²) in [4.78, 5) is 16.1. The second kappa shape index (κ2) is 8.28. The summed E-state index contributed by atoms with van der Waals surface area (Å²) in [5, 5.41) is 2.99. The first-order chi connectivity index (χ1) is 9.21. The molecule has 0 fully saturated rings. The van der Waals surface area contributed by atoms with Gasteiger partial charge in [-0.25, -0.2) is 4.98 Å². The van der Waals surface area contributed by atoms with E-state index in [-0.39, 0.29) is 11.9 Å². The Kier molecular flexibility index (Phi) is 6.62. The molecule has 0 aliphatic carbocycles. The fraction of sp³-hybridized carbons (Fsp3) is 0.467. The number of hydrogen-bond donors (Lipinski definition) is 2. The minimum absolute atomic E-state index is 0.126. The summed E-state index contributed by atoms with van der Waals surface area (Å²) < 4.78 is 0. The maximum absolute atomic E-state index is 12.0. The minimum Gasteiger partial charge on any atom is -0.348 e. The number of amides is 1. The summed E-state index contributed by atoms with van der Waals surface area (Å²) in [5.41, 5.74) is 6.49. The first kappa shape index (κ1) is 15.2. The summed E-state index contributed by atoms with van der Waals surface area (Å²) in [6.45, 7) is 4.49. The fourth-order valence-electron chi connectivity index (χ4n) is 1.74. The second-order valence-electron chi connectivity index (χ2n) is 4.31. The maximum atomic E-state index is 12.0. The average Bonchev–Trinajstić information content (AvgIpc) is 2.45. The quantitative estimate of drug-likeness (QED) is 0.791. The molecule has 0 aliphatic rings. The van der Waals surface area contributed by atoms with Crippen LogP contribution in [0, 0.1) is 11.8 Å². The van der Waals surface area contributed by atoms with Crippen molar-refractivity contribution in [1.29, 1.82) is 0 Å². The molecule has 102 valence electrons. The van der Waals surface area contributed by atoms with Crippen LogP contribution in [0.1, 0.15) is 49.2 Å². The first-order valence-electron chi connectivity index (χ1n) is 6.67. The van der Waals surface area contributed by atoms with Crippen LogP contribution in [0.5, 0.6) is 0 Å². The van der Waals surface area contributed by atoms with Crippen LogP contribution in [-0.2, 0) is 0 Å². The van der Waals surface area contributed by atoms with Crippen molar-refractivity contribution in [1.82, 2.24) is 10.3 Å². The van der Waals surface area contributed by atoms with E-state index in [0.717, 1.165) is 24.8 Å². The van der Waals surface area contributed by atoms with Crippen molar-refractivity contribution in [3.05, 3.63) is 29.6 Å². The van der Waals surface area contributed by atoms with Gasteiger partial charge in [-0.3, -0.25) is 4.79 Å². The van der Waals surface area contributed by atoms with Crippen LogP contribution >= 0.6 is 0 Å². The molecule has 0 spiro atoms. The summed E-state index contributed by atoms with van der Waals surface area (Å²) >= 11 is 0. The van der Waals surface area contributed by atoms with Gasteiger partial charge in [-0.15, -0.1) is 0 Å². The molecule has 4 nitrogen and oxygen atoms in total. The first-order valence-corrected chi connectivity index (χ1v) is 6.67. The molecule has 0 bridgehead atoms. The molecule has 0 aromatic carbocycles. The number of aromatic nitrogens is 1. The number of nitrogens with zero attached hydrogens (tertiary/aromatic N) is 1. The summed E-state index contributed by atoms with van der Waals surface area (Å²) in [6.07, 6.45) is 4.57. The smallest absolute Gasteiger partial charge is 0.270 e. The molecule has 1 rings (SSSR count). The average molecular weight is 259 g/mol. The standard InChI is InChI=1S/C15H21N3O/c1-3-6-13(4-2)18-15(19)14-9-8-12(11-17-14)7-5-10-16/h8-9,11,13H,3-4,6,10,16H2,1-2H3,(H,18,19). The summed E-state index contributed by atoms with van der Waals surface area (Å²) in [6, 6.07) is 3.69. The van der Waals surface area contributed by atoms with Crippen LogP contribution in [-0.4, -0.2) is 23.5 Å². The molecule has 3 N–H and O–H groups in total. The Morgan fingerprint density at radius 3 is 2.79 bits per heavy atom. The minimum atomic E-state index is -0.126. The van der Waals surface area contributed by atoms with Gasteiger partial charge >= 0.3 is 0 Å². The van der Waals surface area contributed by atoms with Crippen LogP contribution in [0.25, 0.3) is 0 Å². The van der Waals surface area contributed by atoms with E-state index in [9.17, 15) is 4.79 Å². The van der Waals surface area contributed by atoms with Crippen LogP contribution < -0.4 is 11.1 Å². The lowest BCUT2D eigenvalue weighted by Crippen LogP contribution is -2.34. The fourth-order valence-corrected chi connectivity index (χ4v) is 1.74. The van der Waals surface area contributed by atoms with Crippen molar-refractivity contribution in [2.24, 2.45) is 5.73 Å². The molecule has 1 heterocycles. The van der Waals surface area contributed by atoms with Crippen molar-refractivity contribution < 1.29 is 4.79 Å². The van der Waals surface area contributed by atoms with Gasteiger partial charge in [-0.1, -0.05) is 32.1 Å². The second-order valence-corrected chi connectivity index (χ2v) is 4.31. The summed E-state index contributed by atoms with van der Waals surface area (Å²) in [7, 11) is 0. The molecular weight excluding hydrogens is 238 g/mol. The van der Waals surface area contributed by atoms with Crippen LogP contribution in [0.3, 0.4) is 0 Å². The zero-order valence-electron chi connectivity index (χ0n) is 11.6. The van der Waals surface area contributed by atoms with Gasteiger partial charge in [0.25, 0.3) is 5.91 Å². The highest BCUT2D eigenvalue weighted by molar-refractivity contribution is 5.92. The molecule has 19 heavy (non-hydrogen) atoms.